The third-order valence-corrected chi connectivity index (χ3v) is 7.07. The largest absolute Gasteiger partial charge is 0.486 e. The van der Waals surface area contributed by atoms with Gasteiger partial charge in [-0.2, -0.15) is 0 Å². The van der Waals surface area contributed by atoms with Crippen LogP contribution in [0.3, 0.4) is 0 Å². The normalized spacial score (nSPS) is 14.4. The Kier molecular flexibility index (Phi) is 8.39. The number of likely N-dealkylation sites (tertiary alicyclic amines) is 1. The summed E-state index contributed by atoms with van der Waals surface area (Å²) < 4.78 is 5.85. The maximum Gasteiger partial charge on any atom is 0.246 e. The number of nitrogens with one attached hydrogen (secondary N) is 2. The van der Waals surface area contributed by atoms with Crippen molar-refractivity contribution in [2.24, 2.45) is 0 Å². The SMILES string of the molecule is CN(C)C/C=C/C(=O)N1CCC(c2c[nH]c3ncnc(Nc4ccc(OCc5ccccn5)c(Cl)c4)c23)CC1. The van der Waals surface area contributed by atoms with Crippen molar-refractivity contribution in [3.8, 4) is 5.75 Å². The number of pyridine rings is 1. The van der Waals surface area contributed by atoms with Crippen molar-refractivity contribution in [2.75, 3.05) is 39.0 Å². The van der Waals surface area contributed by atoms with Gasteiger partial charge in [0.15, 0.2) is 0 Å². The highest BCUT2D eigenvalue weighted by Crippen LogP contribution is 2.37. The number of anilines is 2. The van der Waals surface area contributed by atoms with Gasteiger partial charge in [-0.25, -0.2) is 9.97 Å². The average Bonchev–Trinajstić information content (AvgIpc) is 3.38. The lowest BCUT2D eigenvalue weighted by Crippen LogP contribution is -2.37. The van der Waals surface area contributed by atoms with Crippen molar-refractivity contribution in [2.45, 2.75) is 25.4 Å². The van der Waals surface area contributed by atoms with Gasteiger partial charge < -0.3 is 24.8 Å². The second-order valence-electron chi connectivity index (χ2n) is 9.83. The first-order valence-electron chi connectivity index (χ1n) is 13.0. The van der Waals surface area contributed by atoms with E-state index in [2.05, 4.69) is 25.3 Å². The molecule has 4 heterocycles. The van der Waals surface area contributed by atoms with Crippen molar-refractivity contribution in [3.05, 3.63) is 83.6 Å². The first kappa shape index (κ1) is 26.6. The number of aromatic nitrogens is 4. The summed E-state index contributed by atoms with van der Waals surface area (Å²) in [5, 5.41) is 4.86. The van der Waals surface area contributed by atoms with E-state index in [1.807, 2.05) is 72.6 Å². The molecule has 1 saturated heterocycles. The van der Waals surface area contributed by atoms with Crippen LogP contribution in [-0.2, 0) is 11.4 Å². The summed E-state index contributed by atoms with van der Waals surface area (Å²) in [6, 6.07) is 11.3. The van der Waals surface area contributed by atoms with E-state index in [9.17, 15) is 4.79 Å². The lowest BCUT2D eigenvalue weighted by molar-refractivity contribution is -0.127. The van der Waals surface area contributed by atoms with Gasteiger partial charge >= 0.3 is 0 Å². The zero-order valence-corrected chi connectivity index (χ0v) is 22.9. The number of benzene rings is 1. The second-order valence-corrected chi connectivity index (χ2v) is 10.2. The molecule has 0 spiro atoms. The molecular formula is C29H32ClN7O2. The topological polar surface area (TPSA) is 99.3 Å². The third-order valence-electron chi connectivity index (χ3n) is 6.77. The Balaban J connectivity index is 1.27. The summed E-state index contributed by atoms with van der Waals surface area (Å²) in [5.74, 6) is 1.66. The number of likely N-dealkylation sites (N-methyl/N-ethyl adjacent to an activating group) is 1. The number of piperidine rings is 1. The Bertz CT molecular complexity index is 1450. The van der Waals surface area contributed by atoms with Gasteiger partial charge in [0.2, 0.25) is 5.91 Å². The molecule has 4 aromatic rings. The number of hydrogen-bond acceptors (Lipinski definition) is 7. The Hall–Kier alpha value is -3.95. The number of nitrogens with zero attached hydrogens (tertiary/aromatic N) is 5. The predicted molar refractivity (Wildman–Crippen MR) is 153 cm³/mol. The van der Waals surface area contributed by atoms with Crippen LogP contribution in [0.5, 0.6) is 5.75 Å². The highest BCUT2D eigenvalue weighted by atomic mass is 35.5. The van der Waals surface area contributed by atoms with E-state index in [-0.39, 0.29) is 5.91 Å². The Morgan fingerprint density at radius 3 is 2.79 bits per heavy atom. The smallest absolute Gasteiger partial charge is 0.246 e. The average molecular weight is 546 g/mol. The number of H-pyrrole nitrogens is 1. The van der Waals surface area contributed by atoms with Crippen LogP contribution in [0.4, 0.5) is 11.5 Å². The number of rotatable bonds is 9. The van der Waals surface area contributed by atoms with Crippen LogP contribution in [0.2, 0.25) is 5.02 Å². The van der Waals surface area contributed by atoms with E-state index < -0.39 is 0 Å². The van der Waals surface area contributed by atoms with Crippen molar-refractivity contribution in [3.63, 3.8) is 0 Å². The first-order chi connectivity index (χ1) is 19.0. The summed E-state index contributed by atoms with van der Waals surface area (Å²) in [4.78, 5) is 33.1. The predicted octanol–water partition coefficient (Wildman–Crippen LogP) is 5.15. The summed E-state index contributed by atoms with van der Waals surface area (Å²) in [6.45, 7) is 2.52. The minimum atomic E-state index is 0.0734. The number of halogens is 1. The van der Waals surface area contributed by atoms with Crippen LogP contribution in [0, 0.1) is 0 Å². The molecule has 5 rings (SSSR count). The van der Waals surface area contributed by atoms with Crippen LogP contribution >= 0.6 is 11.6 Å². The van der Waals surface area contributed by atoms with Gasteiger partial charge in [0.05, 0.1) is 16.1 Å². The Morgan fingerprint density at radius 2 is 2.05 bits per heavy atom. The van der Waals surface area contributed by atoms with Crippen LogP contribution in [0.15, 0.2) is 67.3 Å². The number of ether oxygens (including phenoxy) is 1. The summed E-state index contributed by atoms with van der Waals surface area (Å²) >= 11 is 6.53. The Labute approximate surface area is 232 Å². The third kappa shape index (κ3) is 6.55. The lowest BCUT2D eigenvalue weighted by atomic mass is 9.89. The molecule has 1 aromatic carbocycles. The molecule has 10 heteroatoms. The molecule has 1 aliphatic heterocycles. The van der Waals surface area contributed by atoms with Crippen LogP contribution in [0.1, 0.15) is 30.0 Å². The maximum atomic E-state index is 12.6. The second kappa shape index (κ2) is 12.3. The highest BCUT2D eigenvalue weighted by Gasteiger charge is 2.26. The van der Waals surface area contributed by atoms with E-state index in [0.717, 1.165) is 47.4 Å². The number of hydrogen-bond donors (Lipinski definition) is 2. The van der Waals surface area contributed by atoms with Gasteiger partial charge in [-0.3, -0.25) is 9.78 Å². The van der Waals surface area contributed by atoms with E-state index in [1.165, 1.54) is 6.33 Å². The summed E-state index contributed by atoms with van der Waals surface area (Å²) in [5.41, 5.74) is 3.55. The number of aromatic amines is 1. The zero-order chi connectivity index (χ0) is 27.2. The van der Waals surface area contributed by atoms with E-state index >= 15 is 0 Å². The molecule has 1 aliphatic rings. The van der Waals surface area contributed by atoms with Gasteiger partial charge in [-0.15, -0.1) is 0 Å². The minimum absolute atomic E-state index is 0.0734. The van der Waals surface area contributed by atoms with Crippen molar-refractivity contribution in [1.82, 2.24) is 29.7 Å². The number of fused-ring (bicyclic) bond motifs is 1. The molecule has 0 bridgehead atoms. The fourth-order valence-corrected chi connectivity index (χ4v) is 4.99. The van der Waals surface area contributed by atoms with E-state index in [0.29, 0.717) is 42.2 Å². The molecule has 3 aromatic heterocycles. The molecule has 202 valence electrons. The van der Waals surface area contributed by atoms with Crippen molar-refractivity contribution >= 4 is 40.0 Å². The van der Waals surface area contributed by atoms with Gasteiger partial charge in [0.25, 0.3) is 0 Å². The van der Waals surface area contributed by atoms with Gasteiger partial charge in [-0.1, -0.05) is 23.7 Å². The Morgan fingerprint density at radius 1 is 1.21 bits per heavy atom. The number of amides is 1. The maximum absolute atomic E-state index is 12.6. The molecule has 2 N–H and O–H groups in total. The van der Waals surface area contributed by atoms with Gasteiger partial charge in [0, 0.05) is 43.8 Å². The van der Waals surface area contributed by atoms with Crippen LogP contribution in [-0.4, -0.2) is 69.4 Å². The molecule has 0 aliphatic carbocycles. The molecule has 39 heavy (non-hydrogen) atoms. The van der Waals surface area contributed by atoms with Crippen molar-refractivity contribution in [1.29, 1.82) is 0 Å². The molecule has 1 fully saturated rings. The van der Waals surface area contributed by atoms with Crippen molar-refractivity contribution < 1.29 is 9.53 Å². The van der Waals surface area contributed by atoms with E-state index in [4.69, 9.17) is 16.3 Å². The molecule has 0 unspecified atom stereocenters. The fourth-order valence-electron chi connectivity index (χ4n) is 4.75. The standard InChI is InChI=1S/C29H32ClN7O2/c1-36(2)13-5-7-26(38)37-14-10-20(11-15-37)23-17-32-28-27(23)29(34-19-33-28)35-21-8-9-25(24(30)16-21)39-18-22-6-3-4-12-31-22/h3-9,12,16-17,19-20H,10-11,13-15,18H2,1-2H3,(H2,32,33,34,35)/b7-5+. The molecular weight excluding hydrogens is 514 g/mol. The molecule has 0 radical (unpaired) electrons. The van der Waals surface area contributed by atoms with Gasteiger partial charge in [0.1, 0.15) is 30.1 Å². The van der Waals surface area contributed by atoms with Crippen LogP contribution < -0.4 is 10.1 Å². The van der Waals surface area contributed by atoms with Gasteiger partial charge in [-0.05, 0) is 68.8 Å². The minimum Gasteiger partial charge on any atom is -0.486 e. The van der Waals surface area contributed by atoms with E-state index in [1.54, 1.807) is 12.3 Å². The zero-order valence-electron chi connectivity index (χ0n) is 22.1. The molecule has 0 saturated carbocycles. The van der Waals surface area contributed by atoms with Crippen LogP contribution in [0.25, 0.3) is 11.0 Å². The fraction of sp³-hybridized carbons (Fsp3) is 0.310. The quantitative estimate of drug-likeness (QED) is 0.280. The molecule has 1 amide bonds. The number of carbonyl (C=O) groups is 1. The summed E-state index contributed by atoms with van der Waals surface area (Å²) in [6.07, 6.45) is 10.6. The number of carbonyl (C=O) groups excluding carboxylic acids is 1. The summed E-state index contributed by atoms with van der Waals surface area (Å²) in [7, 11) is 3.97. The lowest BCUT2D eigenvalue weighted by Gasteiger charge is -2.31. The monoisotopic (exact) mass is 545 g/mol. The molecule has 9 nitrogen and oxygen atoms in total. The molecule has 0 atom stereocenters. The highest BCUT2D eigenvalue weighted by molar-refractivity contribution is 6.32. The first-order valence-corrected chi connectivity index (χ1v) is 13.4.